The first-order chi connectivity index (χ1) is 16.9. The van der Waals surface area contributed by atoms with Crippen LogP contribution in [0.5, 0.6) is 0 Å². The summed E-state index contributed by atoms with van der Waals surface area (Å²) < 4.78 is -0.862. The van der Waals surface area contributed by atoms with Gasteiger partial charge in [0.25, 0.3) is 0 Å². The molecule has 14 N–H and O–H groups in total. The van der Waals surface area contributed by atoms with Crippen molar-refractivity contribution in [1.82, 2.24) is 4.59 Å². The Morgan fingerprint density at radius 3 is 1.78 bits per heavy atom. The lowest BCUT2D eigenvalue weighted by Gasteiger charge is -2.31. The van der Waals surface area contributed by atoms with Crippen LogP contribution in [0, 0.1) is 10.8 Å². The van der Waals surface area contributed by atoms with Crippen LogP contribution in [0.25, 0.3) is 0 Å². The first kappa shape index (κ1) is 30.3. The van der Waals surface area contributed by atoms with Gasteiger partial charge in [0.05, 0.1) is 0 Å². The van der Waals surface area contributed by atoms with E-state index >= 15 is 0 Å². The van der Waals surface area contributed by atoms with Crippen LogP contribution in [0.3, 0.4) is 0 Å². The SMILES string of the molecule is CCCCCC.N=C(N)N(N=C(N)N)c1ccc(Cl)cc1[N+](N=C(N)N)(C(=N)N)c1ccc(Cl)cc1. The fourth-order valence-electron chi connectivity index (χ4n) is 3.19. The molecule has 0 aliphatic heterocycles. The second-order valence-electron chi connectivity index (χ2n) is 7.58. The van der Waals surface area contributed by atoms with Crippen molar-refractivity contribution in [2.45, 2.75) is 39.5 Å². The van der Waals surface area contributed by atoms with E-state index in [9.17, 15) is 0 Å². The van der Waals surface area contributed by atoms with Gasteiger partial charge in [-0.3, -0.25) is 5.41 Å². The summed E-state index contributed by atoms with van der Waals surface area (Å²) in [5, 5.41) is 25.9. The van der Waals surface area contributed by atoms with Crippen molar-refractivity contribution >= 4 is 64.1 Å². The van der Waals surface area contributed by atoms with Crippen molar-refractivity contribution in [3.8, 4) is 0 Å². The highest BCUT2D eigenvalue weighted by Gasteiger charge is 2.43. The van der Waals surface area contributed by atoms with E-state index in [2.05, 4.69) is 24.1 Å². The van der Waals surface area contributed by atoms with Gasteiger partial charge in [-0.2, -0.15) is 5.01 Å². The number of hydrazone groups is 1. The minimum atomic E-state index is -0.862. The van der Waals surface area contributed by atoms with Crippen LogP contribution in [-0.4, -0.2) is 23.8 Å². The zero-order chi connectivity index (χ0) is 27.5. The van der Waals surface area contributed by atoms with E-state index < -0.39 is 16.5 Å². The standard InChI is InChI=1S/C16H21Cl2N12.C6H14/c17-8-1-4-10(5-2-8)30(16(25)26,28-14(21)22)12-7-9(18)3-6-11(12)29(15(23)24)27-13(19)20;1-3-5-6-4-2/h1-7H,(H3,23,24)(H3,25,26)(H4,19,20,27)(H4,21,22,28);3-6H2,1-2H3/q+1;. The van der Waals surface area contributed by atoms with Crippen molar-refractivity contribution in [1.29, 1.82) is 10.8 Å². The Labute approximate surface area is 221 Å². The summed E-state index contributed by atoms with van der Waals surface area (Å²) in [5.41, 5.74) is 34.6. The number of halogens is 2. The number of anilines is 1. The highest BCUT2D eigenvalue weighted by molar-refractivity contribution is 6.31. The number of quaternary nitrogens is 1. The molecule has 0 aliphatic carbocycles. The number of hydrogen-bond donors (Lipinski definition) is 8. The Morgan fingerprint density at radius 2 is 1.36 bits per heavy atom. The van der Waals surface area contributed by atoms with Gasteiger partial charge in [-0.15, -0.1) is 5.10 Å². The summed E-state index contributed by atoms with van der Waals surface area (Å²) >= 11 is 12.2. The smallest absolute Gasteiger partial charge is 0.330 e. The lowest BCUT2D eigenvalue weighted by Crippen LogP contribution is -2.52. The molecule has 0 spiro atoms. The number of nitrogens with one attached hydrogen (secondary N) is 2. The number of unbranched alkanes of at least 4 members (excludes halogenated alkanes) is 3. The van der Waals surface area contributed by atoms with Crippen LogP contribution in [0.2, 0.25) is 10.0 Å². The normalized spacial score (nSPS) is 11.8. The maximum absolute atomic E-state index is 8.35. The van der Waals surface area contributed by atoms with Crippen molar-refractivity contribution in [3.63, 3.8) is 0 Å². The minimum Gasteiger partial charge on any atom is -0.369 e. The summed E-state index contributed by atoms with van der Waals surface area (Å²) in [4.78, 5) is 0. The number of rotatable bonds is 8. The van der Waals surface area contributed by atoms with Gasteiger partial charge in [-0.25, -0.2) is 5.41 Å². The van der Waals surface area contributed by atoms with Crippen LogP contribution in [-0.2, 0) is 0 Å². The van der Waals surface area contributed by atoms with Gasteiger partial charge in [0.2, 0.25) is 17.9 Å². The van der Waals surface area contributed by atoms with Gasteiger partial charge in [0.15, 0.2) is 11.4 Å². The highest BCUT2D eigenvalue weighted by atomic mass is 35.5. The number of nitrogens with two attached hydrogens (primary N) is 6. The van der Waals surface area contributed by atoms with Crippen LogP contribution < -0.4 is 44.0 Å². The molecular formula is C22H35Cl2N12+. The van der Waals surface area contributed by atoms with Crippen molar-refractivity contribution in [2.75, 3.05) is 5.01 Å². The molecule has 0 radical (unpaired) electrons. The molecule has 36 heavy (non-hydrogen) atoms. The fourth-order valence-corrected chi connectivity index (χ4v) is 3.48. The van der Waals surface area contributed by atoms with Gasteiger partial charge >= 0.3 is 5.96 Å². The highest BCUT2D eigenvalue weighted by Crippen LogP contribution is 2.43. The second-order valence-corrected chi connectivity index (χ2v) is 8.46. The molecule has 0 bridgehead atoms. The largest absolute Gasteiger partial charge is 0.369 e. The molecule has 0 aromatic heterocycles. The van der Waals surface area contributed by atoms with Crippen molar-refractivity contribution < 1.29 is 0 Å². The van der Waals surface area contributed by atoms with E-state index in [0.29, 0.717) is 10.7 Å². The predicted octanol–water partition coefficient (Wildman–Crippen LogP) is 3.19. The lowest BCUT2D eigenvalue weighted by atomic mass is 10.2. The monoisotopic (exact) mass is 537 g/mol. The summed E-state index contributed by atoms with van der Waals surface area (Å²) in [6, 6.07) is 10.7. The maximum Gasteiger partial charge on any atom is 0.330 e. The molecule has 0 fully saturated rings. The molecular weight excluding hydrogens is 503 g/mol. The van der Waals surface area contributed by atoms with E-state index in [0.717, 1.165) is 5.01 Å². The molecule has 1 atom stereocenters. The molecule has 0 aliphatic rings. The van der Waals surface area contributed by atoms with Crippen LogP contribution >= 0.6 is 23.2 Å². The first-order valence-electron chi connectivity index (χ1n) is 11.0. The summed E-state index contributed by atoms with van der Waals surface area (Å²) in [6.07, 6.45) is 5.54. The third-order valence-electron chi connectivity index (χ3n) is 4.73. The van der Waals surface area contributed by atoms with E-state index in [1.165, 1.54) is 43.9 Å². The Kier molecular flexibility index (Phi) is 11.8. The summed E-state index contributed by atoms with van der Waals surface area (Å²) in [7, 11) is 0. The van der Waals surface area contributed by atoms with Crippen LogP contribution in [0.1, 0.15) is 39.5 Å². The lowest BCUT2D eigenvalue weighted by molar-refractivity contribution is 0.577. The van der Waals surface area contributed by atoms with Gasteiger partial charge in [0, 0.05) is 28.2 Å². The second kappa shape index (κ2) is 14.0. The van der Waals surface area contributed by atoms with Gasteiger partial charge < -0.3 is 34.4 Å². The van der Waals surface area contributed by atoms with Gasteiger partial charge in [-0.05, 0) is 29.4 Å². The molecule has 1 unspecified atom stereocenters. The molecule has 12 nitrogen and oxygen atoms in total. The van der Waals surface area contributed by atoms with Crippen molar-refractivity contribution in [3.05, 3.63) is 52.5 Å². The molecule has 14 heteroatoms. The molecule has 196 valence electrons. The number of benzene rings is 2. The molecule has 0 saturated carbocycles. The van der Waals surface area contributed by atoms with Gasteiger partial charge in [0.1, 0.15) is 5.69 Å². The summed E-state index contributed by atoms with van der Waals surface area (Å²) in [5.74, 6) is -1.81. The van der Waals surface area contributed by atoms with Crippen LogP contribution in [0.4, 0.5) is 17.1 Å². The van der Waals surface area contributed by atoms with E-state index in [1.807, 2.05) is 0 Å². The minimum absolute atomic E-state index is 0.130. The zero-order valence-corrected chi connectivity index (χ0v) is 21.9. The maximum atomic E-state index is 8.35. The molecule has 2 aromatic carbocycles. The fraction of sp³-hybridized carbons (Fsp3) is 0.273. The zero-order valence-electron chi connectivity index (χ0n) is 20.4. The Morgan fingerprint density at radius 1 is 0.833 bits per heavy atom. The Bertz CT molecular complexity index is 1090. The van der Waals surface area contributed by atoms with Crippen molar-refractivity contribution in [2.24, 2.45) is 44.6 Å². The predicted molar refractivity (Wildman–Crippen MR) is 152 cm³/mol. The average Bonchev–Trinajstić information content (AvgIpc) is 2.80. The molecule has 2 rings (SSSR count). The number of guanidine groups is 4. The van der Waals surface area contributed by atoms with E-state index in [-0.39, 0.29) is 28.3 Å². The molecule has 0 heterocycles. The average molecular weight is 539 g/mol. The Balaban J connectivity index is 0.000000960. The molecule has 0 saturated heterocycles. The quantitative estimate of drug-likeness (QED) is 0.0821. The first-order valence-corrected chi connectivity index (χ1v) is 11.8. The van der Waals surface area contributed by atoms with E-state index in [1.54, 1.807) is 24.3 Å². The topological polar surface area (TPSA) is 232 Å². The molecule has 2 aromatic rings. The molecule has 0 amide bonds. The van der Waals surface area contributed by atoms with Crippen LogP contribution in [0.15, 0.2) is 52.7 Å². The van der Waals surface area contributed by atoms with E-state index in [4.69, 9.17) is 68.4 Å². The third-order valence-corrected chi connectivity index (χ3v) is 5.22. The number of hydrogen-bond acceptors (Lipinski definition) is 4. The van der Waals surface area contributed by atoms with Gasteiger partial charge in [-0.1, -0.05) is 67.3 Å². The third kappa shape index (κ3) is 7.90. The Hall–Kier alpha value is -3.74. The number of nitrogens with zero attached hydrogens (tertiary/aromatic N) is 4. The summed E-state index contributed by atoms with van der Waals surface area (Å²) in [6.45, 7) is 4.46.